The van der Waals surface area contributed by atoms with E-state index in [2.05, 4.69) is 19.1 Å². The molecule has 3 rings (SSSR count). The van der Waals surface area contributed by atoms with Gasteiger partial charge in [-0.2, -0.15) is 0 Å². The van der Waals surface area contributed by atoms with Gasteiger partial charge in [0.05, 0.1) is 7.11 Å². The van der Waals surface area contributed by atoms with E-state index in [1.165, 1.54) is 0 Å². The molecule has 1 aliphatic heterocycles. The van der Waals surface area contributed by atoms with E-state index in [1.807, 2.05) is 25.1 Å². The number of methoxy groups -OCH3 is 1. The molecule has 0 fully saturated rings. The van der Waals surface area contributed by atoms with Crippen LogP contribution in [0, 0.1) is 6.92 Å². The van der Waals surface area contributed by atoms with Crippen molar-refractivity contribution < 1.29 is 14.6 Å². The van der Waals surface area contributed by atoms with Crippen LogP contribution < -0.4 is 9.47 Å². The van der Waals surface area contributed by atoms with Gasteiger partial charge in [0.1, 0.15) is 11.9 Å². The van der Waals surface area contributed by atoms with Gasteiger partial charge >= 0.3 is 0 Å². The molecule has 0 spiro atoms. The van der Waals surface area contributed by atoms with Crippen LogP contribution in [-0.4, -0.2) is 12.2 Å². The summed E-state index contributed by atoms with van der Waals surface area (Å²) in [5.74, 6) is 1.64. The Kier molecular flexibility index (Phi) is 3.05. The van der Waals surface area contributed by atoms with Crippen molar-refractivity contribution in [2.24, 2.45) is 0 Å². The zero-order valence-corrected chi connectivity index (χ0v) is 11.9. The number of fused-ring (bicyclic) bond motifs is 1. The summed E-state index contributed by atoms with van der Waals surface area (Å²) in [5.41, 5.74) is 3.22. The number of benzene rings is 2. The van der Waals surface area contributed by atoms with Gasteiger partial charge in [0.15, 0.2) is 11.5 Å². The predicted octanol–water partition coefficient (Wildman–Crippen LogP) is 3.95. The molecule has 0 radical (unpaired) electrons. The highest BCUT2D eigenvalue weighted by Gasteiger charge is 2.35. The number of phenols is 1. The van der Waals surface area contributed by atoms with E-state index >= 15 is 0 Å². The lowest BCUT2D eigenvalue weighted by atomic mass is 9.90. The van der Waals surface area contributed by atoms with E-state index in [1.54, 1.807) is 13.2 Å². The number of aromatic hydroxyl groups is 1. The first-order valence-electron chi connectivity index (χ1n) is 6.75. The fourth-order valence-electron chi connectivity index (χ4n) is 3.08. The molecule has 104 valence electrons. The van der Waals surface area contributed by atoms with Gasteiger partial charge in [-0.15, -0.1) is 0 Å². The van der Waals surface area contributed by atoms with Gasteiger partial charge in [0, 0.05) is 23.1 Å². The molecule has 0 aromatic heterocycles. The molecule has 0 bridgehead atoms. The van der Waals surface area contributed by atoms with Gasteiger partial charge in [-0.25, -0.2) is 0 Å². The second-order valence-corrected chi connectivity index (χ2v) is 5.20. The second kappa shape index (κ2) is 4.75. The fourth-order valence-corrected chi connectivity index (χ4v) is 3.08. The van der Waals surface area contributed by atoms with Crippen LogP contribution in [0.4, 0.5) is 0 Å². The van der Waals surface area contributed by atoms with Gasteiger partial charge in [-0.05, 0) is 12.5 Å². The Bertz CT molecular complexity index is 634. The van der Waals surface area contributed by atoms with Gasteiger partial charge in [0.25, 0.3) is 0 Å². The zero-order valence-electron chi connectivity index (χ0n) is 11.9. The molecule has 3 nitrogen and oxygen atoms in total. The van der Waals surface area contributed by atoms with E-state index in [0.29, 0.717) is 5.75 Å². The molecule has 20 heavy (non-hydrogen) atoms. The fraction of sp³-hybridized carbons (Fsp3) is 0.294. The van der Waals surface area contributed by atoms with Crippen LogP contribution in [-0.2, 0) is 0 Å². The Morgan fingerprint density at radius 3 is 2.55 bits per heavy atom. The summed E-state index contributed by atoms with van der Waals surface area (Å²) in [4.78, 5) is 0. The maximum absolute atomic E-state index is 9.99. The Balaban J connectivity index is 2.07. The van der Waals surface area contributed by atoms with E-state index in [0.717, 1.165) is 22.4 Å². The molecule has 2 aromatic rings. The van der Waals surface area contributed by atoms with Gasteiger partial charge in [-0.1, -0.05) is 37.3 Å². The maximum Gasteiger partial charge on any atom is 0.163 e. The molecule has 1 aliphatic rings. The van der Waals surface area contributed by atoms with Crippen molar-refractivity contribution in [2.45, 2.75) is 25.9 Å². The molecule has 2 atom stereocenters. The van der Waals surface area contributed by atoms with E-state index in [4.69, 9.17) is 9.47 Å². The van der Waals surface area contributed by atoms with Crippen LogP contribution >= 0.6 is 0 Å². The summed E-state index contributed by atoms with van der Waals surface area (Å²) in [6.45, 7) is 4.11. The van der Waals surface area contributed by atoms with Crippen LogP contribution in [0.15, 0.2) is 36.4 Å². The molecular weight excluding hydrogens is 252 g/mol. The molecule has 3 heteroatoms. The third-order valence-corrected chi connectivity index (χ3v) is 4.01. The summed E-state index contributed by atoms with van der Waals surface area (Å²) < 4.78 is 11.3. The maximum atomic E-state index is 9.99. The summed E-state index contributed by atoms with van der Waals surface area (Å²) in [5, 5.41) is 9.99. The third kappa shape index (κ3) is 1.82. The number of hydrogen-bond donors (Lipinski definition) is 1. The minimum absolute atomic E-state index is 0.0172. The molecular formula is C17H18O3. The highest BCUT2D eigenvalue weighted by Crippen LogP contribution is 2.51. The van der Waals surface area contributed by atoms with Gasteiger partial charge < -0.3 is 14.6 Å². The molecule has 1 N–H and O–H groups in total. The zero-order chi connectivity index (χ0) is 14.3. The topological polar surface area (TPSA) is 38.7 Å². The molecule has 0 aliphatic carbocycles. The molecule has 1 heterocycles. The van der Waals surface area contributed by atoms with Crippen molar-refractivity contribution in [2.75, 3.05) is 7.11 Å². The summed E-state index contributed by atoms with van der Waals surface area (Å²) in [7, 11) is 1.57. The second-order valence-electron chi connectivity index (χ2n) is 5.20. The highest BCUT2D eigenvalue weighted by atomic mass is 16.5. The molecule has 2 aromatic carbocycles. The monoisotopic (exact) mass is 270 g/mol. The first kappa shape index (κ1) is 12.9. The normalized spacial score (nSPS) is 20.4. The molecule has 0 saturated carbocycles. The summed E-state index contributed by atoms with van der Waals surface area (Å²) in [6.07, 6.45) is -0.0172. The van der Waals surface area contributed by atoms with Crippen LogP contribution in [0.2, 0.25) is 0 Å². The lowest BCUT2D eigenvalue weighted by Gasteiger charge is -2.16. The SMILES string of the molecule is COc1c(O)cc2c(c1C)[C@H](C)[C@@H](c1ccccc1)O2. The Morgan fingerprint density at radius 1 is 1.20 bits per heavy atom. The molecule has 0 saturated heterocycles. The van der Waals surface area contributed by atoms with Crippen LogP contribution in [0.5, 0.6) is 17.2 Å². The van der Waals surface area contributed by atoms with E-state index in [9.17, 15) is 5.11 Å². The standard InChI is InChI=1S/C17H18O3/c1-10-15-11(2)17(19-3)13(18)9-14(15)20-16(10)12-7-5-4-6-8-12/h4-10,16,18H,1-3H3/t10-,16-/m0/s1. The number of rotatable bonds is 2. The Labute approximate surface area is 118 Å². The predicted molar refractivity (Wildman–Crippen MR) is 77.6 cm³/mol. The third-order valence-electron chi connectivity index (χ3n) is 4.01. The van der Waals surface area contributed by atoms with Crippen molar-refractivity contribution in [1.82, 2.24) is 0 Å². The largest absolute Gasteiger partial charge is 0.504 e. The first-order valence-corrected chi connectivity index (χ1v) is 6.75. The van der Waals surface area contributed by atoms with E-state index < -0.39 is 0 Å². The number of ether oxygens (including phenoxy) is 2. The lowest BCUT2D eigenvalue weighted by Crippen LogP contribution is -2.07. The molecule has 0 amide bonds. The van der Waals surface area contributed by atoms with Crippen molar-refractivity contribution >= 4 is 0 Å². The number of hydrogen-bond acceptors (Lipinski definition) is 3. The average molecular weight is 270 g/mol. The van der Waals surface area contributed by atoms with Crippen molar-refractivity contribution in [3.05, 3.63) is 53.1 Å². The van der Waals surface area contributed by atoms with Crippen molar-refractivity contribution in [3.63, 3.8) is 0 Å². The van der Waals surface area contributed by atoms with Crippen LogP contribution in [0.3, 0.4) is 0 Å². The summed E-state index contributed by atoms with van der Waals surface area (Å²) in [6, 6.07) is 11.8. The van der Waals surface area contributed by atoms with Gasteiger partial charge in [0.2, 0.25) is 0 Å². The Morgan fingerprint density at radius 2 is 1.90 bits per heavy atom. The minimum Gasteiger partial charge on any atom is -0.504 e. The highest BCUT2D eigenvalue weighted by molar-refractivity contribution is 5.59. The Hall–Kier alpha value is -2.16. The minimum atomic E-state index is -0.0172. The lowest BCUT2D eigenvalue weighted by molar-refractivity contribution is 0.215. The first-order chi connectivity index (χ1) is 9.63. The quantitative estimate of drug-likeness (QED) is 0.898. The number of phenolic OH excluding ortho intramolecular Hbond substituents is 1. The average Bonchev–Trinajstić information content (AvgIpc) is 2.77. The van der Waals surface area contributed by atoms with Crippen molar-refractivity contribution in [1.29, 1.82) is 0 Å². The van der Waals surface area contributed by atoms with Crippen LogP contribution in [0.1, 0.15) is 35.6 Å². The smallest absolute Gasteiger partial charge is 0.163 e. The van der Waals surface area contributed by atoms with Crippen molar-refractivity contribution in [3.8, 4) is 17.2 Å². The van der Waals surface area contributed by atoms with Crippen LogP contribution in [0.25, 0.3) is 0 Å². The van der Waals surface area contributed by atoms with E-state index in [-0.39, 0.29) is 17.8 Å². The molecule has 0 unspecified atom stereocenters. The van der Waals surface area contributed by atoms with Gasteiger partial charge in [-0.3, -0.25) is 0 Å². The summed E-state index contributed by atoms with van der Waals surface area (Å²) >= 11 is 0.